The zero-order chi connectivity index (χ0) is 14.0. The third kappa shape index (κ3) is 3.77. The Balaban J connectivity index is 2.12. The molecular weight excluding hydrogens is 320 g/mol. The molecule has 100 valence electrons. The highest BCUT2D eigenvalue weighted by molar-refractivity contribution is 9.10. The summed E-state index contributed by atoms with van der Waals surface area (Å²) in [5, 5.41) is 2.01. The largest absolute Gasteiger partial charge is 0.294 e. The van der Waals surface area contributed by atoms with Crippen molar-refractivity contribution in [1.82, 2.24) is 0 Å². The Morgan fingerprint density at radius 2 is 1.84 bits per heavy atom. The number of hydrogen-bond donors (Lipinski definition) is 0. The molecule has 0 radical (unpaired) electrons. The van der Waals surface area contributed by atoms with Crippen molar-refractivity contribution in [1.29, 1.82) is 0 Å². The molecule has 0 N–H and O–H groups in total. The second-order valence-corrected chi connectivity index (χ2v) is 7.57. The number of carbonyl (C=O) groups is 1. The van der Waals surface area contributed by atoms with Crippen LogP contribution in [0.25, 0.3) is 0 Å². The van der Waals surface area contributed by atoms with Crippen LogP contribution in [0.2, 0.25) is 0 Å². The molecule has 0 saturated heterocycles. The van der Waals surface area contributed by atoms with Crippen molar-refractivity contribution in [2.45, 2.75) is 32.6 Å². The molecule has 0 saturated carbocycles. The first-order valence-corrected chi connectivity index (χ1v) is 7.90. The topological polar surface area (TPSA) is 17.1 Å². The number of thiophene rings is 1. The highest BCUT2D eigenvalue weighted by atomic mass is 79.9. The van der Waals surface area contributed by atoms with Gasteiger partial charge in [0.15, 0.2) is 5.78 Å². The smallest absolute Gasteiger partial charge is 0.168 e. The average molecular weight is 337 g/mol. The summed E-state index contributed by atoms with van der Waals surface area (Å²) in [6.45, 7) is 6.52. The fourth-order valence-corrected chi connectivity index (χ4v) is 3.31. The van der Waals surface area contributed by atoms with Crippen molar-refractivity contribution in [2.75, 3.05) is 0 Å². The van der Waals surface area contributed by atoms with Crippen LogP contribution in [0, 0.1) is 0 Å². The van der Waals surface area contributed by atoms with Crippen LogP contribution in [-0.2, 0) is 11.8 Å². The highest BCUT2D eigenvalue weighted by Gasteiger charge is 2.14. The SMILES string of the molecule is CC(C)(C)c1ccc(C(=O)Cc2cc(Br)cs2)cc1. The molecule has 2 aromatic rings. The molecule has 0 atom stereocenters. The molecule has 0 aliphatic rings. The molecule has 1 aromatic carbocycles. The van der Waals surface area contributed by atoms with Gasteiger partial charge in [-0.25, -0.2) is 0 Å². The normalized spacial score (nSPS) is 11.6. The van der Waals surface area contributed by atoms with Gasteiger partial charge in [0, 0.05) is 26.7 Å². The molecule has 19 heavy (non-hydrogen) atoms. The highest BCUT2D eigenvalue weighted by Crippen LogP contribution is 2.24. The Hall–Kier alpha value is -0.930. The lowest BCUT2D eigenvalue weighted by Crippen LogP contribution is -2.11. The van der Waals surface area contributed by atoms with Crippen LogP contribution in [0.3, 0.4) is 0 Å². The van der Waals surface area contributed by atoms with Gasteiger partial charge in [-0.2, -0.15) is 0 Å². The first kappa shape index (κ1) is 14.5. The predicted octanol–water partition coefficient (Wildman–Crippen LogP) is 5.23. The summed E-state index contributed by atoms with van der Waals surface area (Å²) >= 11 is 5.02. The fourth-order valence-electron chi connectivity index (χ4n) is 1.86. The van der Waals surface area contributed by atoms with E-state index >= 15 is 0 Å². The summed E-state index contributed by atoms with van der Waals surface area (Å²) in [4.78, 5) is 13.3. The van der Waals surface area contributed by atoms with Crippen LogP contribution in [0.15, 0.2) is 40.2 Å². The monoisotopic (exact) mass is 336 g/mol. The maximum atomic E-state index is 12.2. The van der Waals surface area contributed by atoms with E-state index in [2.05, 4.69) is 48.8 Å². The standard InChI is InChI=1S/C16H17BrOS/c1-16(2,3)12-6-4-11(5-7-12)15(18)9-14-8-13(17)10-19-14/h4-8,10H,9H2,1-3H3. The zero-order valence-corrected chi connectivity index (χ0v) is 13.8. The maximum absolute atomic E-state index is 12.2. The predicted molar refractivity (Wildman–Crippen MR) is 85.2 cm³/mol. The third-order valence-electron chi connectivity index (χ3n) is 3.03. The minimum Gasteiger partial charge on any atom is -0.294 e. The number of carbonyl (C=O) groups excluding carboxylic acids is 1. The Kier molecular flexibility index (Phi) is 4.26. The molecule has 0 unspecified atom stereocenters. The number of Topliss-reactive ketones (excluding diaryl/α,β-unsaturated/α-hetero) is 1. The molecule has 0 amide bonds. The van der Waals surface area contributed by atoms with E-state index < -0.39 is 0 Å². The van der Waals surface area contributed by atoms with E-state index in [9.17, 15) is 4.79 Å². The van der Waals surface area contributed by atoms with Crippen molar-refractivity contribution in [3.8, 4) is 0 Å². The van der Waals surface area contributed by atoms with Crippen LogP contribution in [0.5, 0.6) is 0 Å². The van der Waals surface area contributed by atoms with Gasteiger partial charge in [-0.15, -0.1) is 11.3 Å². The molecule has 0 aliphatic heterocycles. The Morgan fingerprint density at radius 3 is 2.32 bits per heavy atom. The Morgan fingerprint density at radius 1 is 1.21 bits per heavy atom. The molecule has 0 aliphatic carbocycles. The molecule has 3 heteroatoms. The van der Waals surface area contributed by atoms with Gasteiger partial charge in [0.25, 0.3) is 0 Å². The van der Waals surface area contributed by atoms with Gasteiger partial charge in [0.1, 0.15) is 0 Å². The van der Waals surface area contributed by atoms with Gasteiger partial charge in [-0.1, -0.05) is 45.0 Å². The molecule has 2 rings (SSSR count). The van der Waals surface area contributed by atoms with Crippen LogP contribution >= 0.6 is 27.3 Å². The first-order valence-electron chi connectivity index (χ1n) is 6.23. The summed E-state index contributed by atoms with van der Waals surface area (Å²) < 4.78 is 1.04. The van der Waals surface area contributed by atoms with E-state index in [0.29, 0.717) is 6.42 Å². The van der Waals surface area contributed by atoms with E-state index in [0.717, 1.165) is 14.9 Å². The minimum atomic E-state index is 0.125. The van der Waals surface area contributed by atoms with Gasteiger partial charge >= 0.3 is 0 Å². The Labute approximate surface area is 126 Å². The van der Waals surface area contributed by atoms with Crippen molar-refractivity contribution >= 4 is 33.0 Å². The second kappa shape index (κ2) is 5.59. The number of ketones is 1. The van der Waals surface area contributed by atoms with Crippen LogP contribution in [0.4, 0.5) is 0 Å². The lowest BCUT2D eigenvalue weighted by atomic mass is 9.86. The summed E-state index contributed by atoms with van der Waals surface area (Å²) in [7, 11) is 0. The molecule has 0 fully saturated rings. The lowest BCUT2D eigenvalue weighted by molar-refractivity contribution is 0.0994. The van der Waals surface area contributed by atoms with E-state index in [1.54, 1.807) is 11.3 Å². The molecule has 1 heterocycles. The summed E-state index contributed by atoms with van der Waals surface area (Å²) in [6, 6.07) is 9.98. The van der Waals surface area contributed by atoms with Crippen molar-refractivity contribution in [3.63, 3.8) is 0 Å². The summed E-state index contributed by atoms with van der Waals surface area (Å²) in [5.74, 6) is 0.176. The third-order valence-corrected chi connectivity index (χ3v) is 4.73. The van der Waals surface area contributed by atoms with Crippen molar-refractivity contribution in [2.24, 2.45) is 0 Å². The zero-order valence-electron chi connectivity index (χ0n) is 11.4. The lowest BCUT2D eigenvalue weighted by Gasteiger charge is -2.18. The first-order chi connectivity index (χ1) is 8.86. The number of hydrogen-bond acceptors (Lipinski definition) is 2. The van der Waals surface area contributed by atoms with Gasteiger partial charge in [-0.3, -0.25) is 4.79 Å². The van der Waals surface area contributed by atoms with Crippen LogP contribution in [-0.4, -0.2) is 5.78 Å². The van der Waals surface area contributed by atoms with Crippen LogP contribution < -0.4 is 0 Å². The van der Waals surface area contributed by atoms with E-state index in [1.165, 1.54) is 5.56 Å². The van der Waals surface area contributed by atoms with Crippen molar-refractivity contribution < 1.29 is 4.79 Å². The van der Waals surface area contributed by atoms with Gasteiger partial charge in [-0.05, 0) is 33.0 Å². The summed E-state index contributed by atoms with van der Waals surface area (Å²) in [6.07, 6.45) is 0.477. The van der Waals surface area contributed by atoms with E-state index in [4.69, 9.17) is 0 Å². The fraction of sp³-hybridized carbons (Fsp3) is 0.312. The second-order valence-electron chi connectivity index (χ2n) is 5.66. The molecule has 0 bridgehead atoms. The van der Waals surface area contributed by atoms with Crippen molar-refractivity contribution in [3.05, 3.63) is 56.2 Å². The number of rotatable bonds is 3. The molecular formula is C16H17BrOS. The maximum Gasteiger partial charge on any atom is 0.168 e. The molecule has 1 nitrogen and oxygen atoms in total. The average Bonchev–Trinajstić information content (AvgIpc) is 2.74. The molecule has 0 spiro atoms. The van der Waals surface area contributed by atoms with Gasteiger partial charge in [0.2, 0.25) is 0 Å². The summed E-state index contributed by atoms with van der Waals surface area (Å²) in [5.41, 5.74) is 2.17. The molecule has 1 aromatic heterocycles. The number of halogens is 1. The Bertz CT molecular complexity index is 576. The quantitative estimate of drug-likeness (QED) is 0.701. The minimum absolute atomic E-state index is 0.125. The van der Waals surface area contributed by atoms with Gasteiger partial charge < -0.3 is 0 Å². The van der Waals surface area contributed by atoms with E-state index in [1.807, 2.05) is 23.6 Å². The number of benzene rings is 1. The van der Waals surface area contributed by atoms with Crippen LogP contribution in [0.1, 0.15) is 41.6 Å². The van der Waals surface area contributed by atoms with E-state index in [-0.39, 0.29) is 11.2 Å². The van der Waals surface area contributed by atoms with Gasteiger partial charge in [0.05, 0.1) is 0 Å².